The van der Waals surface area contributed by atoms with Gasteiger partial charge >= 0.3 is 0 Å². The van der Waals surface area contributed by atoms with Crippen LogP contribution in [0.25, 0.3) is 0 Å². The fraction of sp³-hybridized carbons (Fsp3) is 0.483. The summed E-state index contributed by atoms with van der Waals surface area (Å²) in [6.45, 7) is 8.36. The molecule has 1 amide bonds. The van der Waals surface area contributed by atoms with E-state index in [4.69, 9.17) is 21.9 Å². The molecule has 0 aromatic heterocycles. The van der Waals surface area contributed by atoms with Crippen LogP contribution < -0.4 is 20.7 Å². The molecule has 0 aliphatic heterocycles. The number of hydrogen-bond donors (Lipinski definition) is 4. The van der Waals surface area contributed by atoms with E-state index in [1.54, 1.807) is 25.5 Å². The minimum absolute atomic E-state index is 0.000555. The van der Waals surface area contributed by atoms with Crippen LogP contribution in [0.3, 0.4) is 0 Å². The maximum absolute atomic E-state index is 13.1. The van der Waals surface area contributed by atoms with E-state index >= 15 is 0 Å². The van der Waals surface area contributed by atoms with Gasteiger partial charge in [-0.15, -0.1) is 0 Å². The summed E-state index contributed by atoms with van der Waals surface area (Å²) in [6, 6.07) is 13.0. The third kappa shape index (κ3) is 8.18. The van der Waals surface area contributed by atoms with Gasteiger partial charge < -0.3 is 25.8 Å². The zero-order chi connectivity index (χ0) is 27.0. The lowest BCUT2D eigenvalue weighted by molar-refractivity contribution is -0.125. The molecule has 0 saturated heterocycles. The quantitative estimate of drug-likeness (QED) is 0.297. The molecular weight excluding hydrogens is 484 g/mol. The Labute approximate surface area is 226 Å². The van der Waals surface area contributed by atoms with Crippen molar-refractivity contribution >= 4 is 29.5 Å². The first-order chi connectivity index (χ1) is 17.6. The number of amides is 1. The number of phenols is 1. The van der Waals surface area contributed by atoms with Gasteiger partial charge in [-0.1, -0.05) is 63.9 Å². The Balaban J connectivity index is 1.66. The summed E-state index contributed by atoms with van der Waals surface area (Å²) in [5.74, 6) is 0.790. The van der Waals surface area contributed by atoms with Crippen LogP contribution in [0, 0.1) is 12.3 Å². The summed E-state index contributed by atoms with van der Waals surface area (Å²) in [7, 11) is 1.61. The number of thiocarbonyl (C=S) groups is 1. The van der Waals surface area contributed by atoms with E-state index < -0.39 is 6.04 Å². The normalized spacial score (nSPS) is 18.7. The van der Waals surface area contributed by atoms with E-state index in [1.807, 2.05) is 58.0 Å². The van der Waals surface area contributed by atoms with Gasteiger partial charge in [0.15, 0.2) is 5.11 Å². The van der Waals surface area contributed by atoms with E-state index in [2.05, 4.69) is 16.0 Å². The third-order valence-corrected chi connectivity index (χ3v) is 6.94. The Kier molecular flexibility index (Phi) is 9.92. The molecule has 4 N–H and O–H groups in total. The van der Waals surface area contributed by atoms with E-state index in [9.17, 15) is 9.90 Å². The SMILES string of the molecule is COc1cc(C)c(O)c(C=NC2CCCC[C@H]2NC(=S)N[C@H](C(=O)NCc2ccccc2)C(C)(C)C)c1. The van der Waals surface area contributed by atoms with E-state index in [0.717, 1.165) is 36.8 Å². The lowest BCUT2D eigenvalue weighted by atomic mass is 9.86. The molecule has 3 atom stereocenters. The maximum atomic E-state index is 13.1. The molecule has 0 spiro atoms. The second-order valence-corrected chi connectivity index (χ2v) is 11.1. The third-order valence-electron chi connectivity index (χ3n) is 6.70. The number of nitrogens with zero attached hydrogens (tertiary/aromatic N) is 1. The first-order valence-corrected chi connectivity index (χ1v) is 13.3. The molecule has 0 radical (unpaired) electrons. The van der Waals surface area contributed by atoms with Gasteiger partial charge in [-0.2, -0.15) is 0 Å². The number of aliphatic imine (C=N–C) groups is 1. The Morgan fingerprint density at radius 1 is 1.22 bits per heavy atom. The number of hydrogen-bond acceptors (Lipinski definition) is 5. The van der Waals surface area contributed by atoms with Gasteiger partial charge in [0.1, 0.15) is 17.5 Å². The number of aryl methyl sites for hydroxylation is 1. The van der Waals surface area contributed by atoms with Gasteiger partial charge in [-0.25, -0.2) is 0 Å². The predicted molar refractivity (Wildman–Crippen MR) is 153 cm³/mol. The van der Waals surface area contributed by atoms with Gasteiger partial charge in [0.25, 0.3) is 0 Å². The van der Waals surface area contributed by atoms with Crippen molar-refractivity contribution in [1.29, 1.82) is 0 Å². The molecule has 1 aliphatic rings. The topological polar surface area (TPSA) is 95.0 Å². The molecule has 2 aromatic rings. The van der Waals surface area contributed by atoms with Crippen molar-refractivity contribution in [2.24, 2.45) is 10.4 Å². The summed E-state index contributed by atoms with van der Waals surface area (Å²) in [6.07, 6.45) is 5.72. The fourth-order valence-corrected chi connectivity index (χ4v) is 4.80. The van der Waals surface area contributed by atoms with Crippen molar-refractivity contribution in [3.8, 4) is 11.5 Å². The highest BCUT2D eigenvalue weighted by Gasteiger charge is 2.33. The Bertz CT molecular complexity index is 1100. The standard InChI is InChI=1S/C29H40N4O3S/c1-19-15-22(36-5)16-21(25(19)34)18-30-23-13-9-10-14-24(23)32-28(37)33-26(29(2,3)4)27(35)31-17-20-11-7-6-8-12-20/h6-8,11-12,15-16,18,23-24,26,34H,9-10,13-14,17H2,1-5H3,(H,31,35)(H2,32,33,37)/t23?,24-,26-/m1/s1. The zero-order valence-electron chi connectivity index (χ0n) is 22.5. The summed E-state index contributed by atoms with van der Waals surface area (Å²) in [5.41, 5.74) is 2.07. The van der Waals surface area contributed by atoms with Crippen molar-refractivity contribution < 1.29 is 14.6 Å². The van der Waals surface area contributed by atoms with Crippen molar-refractivity contribution in [2.45, 2.75) is 78.0 Å². The molecule has 200 valence electrons. The highest BCUT2D eigenvalue weighted by atomic mass is 32.1. The van der Waals surface area contributed by atoms with Crippen LogP contribution in [-0.2, 0) is 11.3 Å². The summed E-state index contributed by atoms with van der Waals surface area (Å²) in [4.78, 5) is 17.9. The summed E-state index contributed by atoms with van der Waals surface area (Å²) in [5, 5.41) is 20.6. The number of nitrogens with one attached hydrogen (secondary N) is 3. The van der Waals surface area contributed by atoms with Crippen LogP contribution in [0.4, 0.5) is 0 Å². The van der Waals surface area contributed by atoms with Crippen LogP contribution in [0.15, 0.2) is 47.5 Å². The molecule has 2 aromatic carbocycles. The number of methoxy groups -OCH3 is 1. The first kappa shape index (κ1) is 28.4. The van der Waals surface area contributed by atoms with E-state index in [-0.39, 0.29) is 29.2 Å². The average Bonchev–Trinajstić information content (AvgIpc) is 2.87. The molecule has 8 heteroatoms. The number of aromatic hydroxyl groups is 1. The molecule has 0 bridgehead atoms. The minimum atomic E-state index is -0.501. The van der Waals surface area contributed by atoms with Crippen LogP contribution in [0.1, 0.15) is 63.1 Å². The second-order valence-electron chi connectivity index (χ2n) is 10.7. The Morgan fingerprint density at radius 2 is 1.92 bits per heavy atom. The van der Waals surface area contributed by atoms with Crippen molar-refractivity contribution in [2.75, 3.05) is 7.11 Å². The molecule has 7 nitrogen and oxygen atoms in total. The van der Waals surface area contributed by atoms with Crippen LogP contribution in [0.5, 0.6) is 11.5 Å². The van der Waals surface area contributed by atoms with Crippen LogP contribution >= 0.6 is 12.2 Å². The average molecular weight is 525 g/mol. The van der Waals surface area contributed by atoms with Crippen molar-refractivity contribution in [3.63, 3.8) is 0 Å². The first-order valence-electron chi connectivity index (χ1n) is 12.9. The molecule has 37 heavy (non-hydrogen) atoms. The van der Waals surface area contributed by atoms with Crippen LogP contribution in [0.2, 0.25) is 0 Å². The number of phenolic OH excluding ortho intramolecular Hbond substituents is 1. The number of rotatable bonds is 8. The van der Waals surface area contributed by atoms with E-state index in [0.29, 0.717) is 23.0 Å². The highest BCUT2D eigenvalue weighted by Crippen LogP contribution is 2.28. The zero-order valence-corrected chi connectivity index (χ0v) is 23.3. The highest BCUT2D eigenvalue weighted by molar-refractivity contribution is 7.80. The monoisotopic (exact) mass is 524 g/mol. The van der Waals surface area contributed by atoms with E-state index in [1.165, 1.54) is 0 Å². The van der Waals surface area contributed by atoms with Crippen LogP contribution in [-0.4, -0.2) is 47.6 Å². The molecule has 3 rings (SSSR count). The smallest absolute Gasteiger partial charge is 0.243 e. The lowest BCUT2D eigenvalue weighted by Crippen LogP contribution is -2.58. The molecule has 1 aliphatic carbocycles. The molecule has 0 heterocycles. The number of ether oxygens (including phenoxy) is 1. The van der Waals surface area contributed by atoms with Gasteiger partial charge in [0.2, 0.25) is 5.91 Å². The number of carbonyl (C=O) groups is 1. The summed E-state index contributed by atoms with van der Waals surface area (Å²) < 4.78 is 5.34. The largest absolute Gasteiger partial charge is 0.507 e. The second kappa shape index (κ2) is 12.9. The molecular formula is C29H40N4O3S. The molecule has 1 unspecified atom stereocenters. The van der Waals surface area contributed by atoms with Crippen molar-refractivity contribution in [3.05, 3.63) is 59.2 Å². The van der Waals surface area contributed by atoms with Gasteiger partial charge in [-0.3, -0.25) is 9.79 Å². The molecule has 1 saturated carbocycles. The van der Waals surface area contributed by atoms with Gasteiger partial charge in [0.05, 0.1) is 19.2 Å². The Morgan fingerprint density at radius 3 is 2.59 bits per heavy atom. The lowest BCUT2D eigenvalue weighted by Gasteiger charge is -2.34. The predicted octanol–water partition coefficient (Wildman–Crippen LogP) is 4.63. The van der Waals surface area contributed by atoms with Gasteiger partial charge in [0, 0.05) is 18.3 Å². The minimum Gasteiger partial charge on any atom is -0.507 e. The summed E-state index contributed by atoms with van der Waals surface area (Å²) >= 11 is 5.67. The number of benzene rings is 2. The van der Waals surface area contributed by atoms with Crippen molar-refractivity contribution in [1.82, 2.24) is 16.0 Å². The van der Waals surface area contributed by atoms with Gasteiger partial charge in [-0.05, 0) is 60.7 Å². The fourth-order valence-electron chi connectivity index (χ4n) is 4.53. The molecule has 1 fully saturated rings. The Hall–Kier alpha value is -3.13. The maximum Gasteiger partial charge on any atom is 0.243 e. The number of carbonyl (C=O) groups excluding carboxylic acids is 1.